The second-order valence-corrected chi connectivity index (χ2v) is 14.2. The summed E-state index contributed by atoms with van der Waals surface area (Å²) in [6.07, 6.45) is 1.85. The van der Waals surface area contributed by atoms with Gasteiger partial charge in [-0.3, -0.25) is 9.55 Å². The number of hydrogen-bond donors (Lipinski definition) is 0. The Bertz CT molecular complexity index is 3480. The van der Waals surface area contributed by atoms with E-state index in [2.05, 4.69) is 184 Å². The number of fused-ring (bicyclic) bond motifs is 12. The Morgan fingerprint density at radius 2 is 0.836 bits per heavy atom. The lowest BCUT2D eigenvalue weighted by Gasteiger charge is -2.15. The molecule has 0 amide bonds. The molecule has 8 aromatic carbocycles. The van der Waals surface area contributed by atoms with E-state index in [4.69, 9.17) is 9.97 Å². The summed E-state index contributed by atoms with van der Waals surface area (Å²) in [5.41, 5.74) is 10.8. The van der Waals surface area contributed by atoms with E-state index >= 15 is 0 Å². The Kier molecular flexibility index (Phi) is 6.27. The van der Waals surface area contributed by atoms with Gasteiger partial charge in [-0.25, -0.2) is 4.98 Å². The Morgan fingerprint density at radius 3 is 1.49 bits per heavy atom. The lowest BCUT2D eigenvalue weighted by molar-refractivity contribution is 1.07. The van der Waals surface area contributed by atoms with Gasteiger partial charge in [-0.1, -0.05) is 115 Å². The van der Waals surface area contributed by atoms with Crippen molar-refractivity contribution < 1.29 is 0 Å². The first-order chi connectivity index (χ1) is 27.3. The van der Waals surface area contributed by atoms with Gasteiger partial charge in [0.15, 0.2) is 5.82 Å². The van der Waals surface area contributed by atoms with E-state index in [0.717, 1.165) is 55.9 Å². The zero-order valence-corrected chi connectivity index (χ0v) is 29.6. The van der Waals surface area contributed by atoms with Gasteiger partial charge in [0.25, 0.3) is 0 Å². The van der Waals surface area contributed by atoms with E-state index in [-0.39, 0.29) is 0 Å². The summed E-state index contributed by atoms with van der Waals surface area (Å²) < 4.78 is 7.14. The van der Waals surface area contributed by atoms with E-state index in [9.17, 15) is 0 Å². The molecular weight excluding hydrogens is 671 g/mol. The highest BCUT2D eigenvalue weighted by Gasteiger charge is 2.22. The number of rotatable bonds is 4. The van der Waals surface area contributed by atoms with Gasteiger partial charge in [-0.15, -0.1) is 0 Å². The van der Waals surface area contributed by atoms with Gasteiger partial charge in [0, 0.05) is 55.6 Å². The molecule has 4 heterocycles. The van der Waals surface area contributed by atoms with Crippen molar-refractivity contribution in [2.24, 2.45) is 0 Å². The zero-order chi connectivity index (χ0) is 36.0. The van der Waals surface area contributed by atoms with Crippen molar-refractivity contribution in [3.63, 3.8) is 0 Å². The molecule has 0 N–H and O–H groups in total. The number of aromatic nitrogens is 5. The molecule has 0 aliphatic rings. The molecular formula is C50H31N5. The van der Waals surface area contributed by atoms with E-state index in [0.29, 0.717) is 0 Å². The first-order valence-electron chi connectivity index (χ1n) is 18.7. The molecule has 0 unspecified atom stereocenters. The largest absolute Gasteiger partial charge is 0.309 e. The predicted octanol–water partition coefficient (Wildman–Crippen LogP) is 12.6. The Morgan fingerprint density at radius 1 is 0.327 bits per heavy atom. The highest BCUT2D eigenvalue weighted by Crippen LogP contribution is 2.42. The monoisotopic (exact) mass is 701 g/mol. The van der Waals surface area contributed by atoms with Crippen LogP contribution in [0.2, 0.25) is 0 Å². The molecule has 0 fully saturated rings. The van der Waals surface area contributed by atoms with Gasteiger partial charge in [-0.2, -0.15) is 0 Å². The maximum atomic E-state index is 5.41. The maximum absolute atomic E-state index is 5.41. The van der Waals surface area contributed by atoms with Gasteiger partial charge in [0.05, 0.1) is 33.1 Å². The Balaban J connectivity index is 1.17. The van der Waals surface area contributed by atoms with Crippen molar-refractivity contribution in [1.82, 2.24) is 23.7 Å². The summed E-state index contributed by atoms with van der Waals surface area (Å²) >= 11 is 0. The van der Waals surface area contributed by atoms with Gasteiger partial charge in [0.1, 0.15) is 5.69 Å². The van der Waals surface area contributed by atoms with Crippen LogP contribution in [0.3, 0.4) is 0 Å². The van der Waals surface area contributed by atoms with Crippen LogP contribution in [0.1, 0.15) is 0 Å². The average Bonchev–Trinajstić information content (AvgIpc) is 3.92. The fourth-order valence-electron chi connectivity index (χ4n) is 8.96. The molecule has 0 spiro atoms. The minimum Gasteiger partial charge on any atom is -0.309 e. The summed E-state index contributed by atoms with van der Waals surface area (Å²) in [5, 5.41) is 9.58. The minimum absolute atomic E-state index is 0.812. The van der Waals surface area contributed by atoms with Crippen LogP contribution in [0.15, 0.2) is 188 Å². The highest BCUT2D eigenvalue weighted by molar-refractivity contribution is 6.24. The van der Waals surface area contributed by atoms with E-state index in [1.807, 2.05) is 18.3 Å². The van der Waals surface area contributed by atoms with Crippen LogP contribution < -0.4 is 0 Å². The standard InChI is InChI=1S/C50H31N5/c1-2-15-32(16-3-1)53-44-26-10-8-21-37(44)41-31-47-42(30-46(41)53)38-22-9-11-27-45(38)54(47)33-17-14-18-34(29-33)55-49-40-24-7-5-20-36(40)35-19-4-6-23-39(35)48(49)52-50(55)43-25-12-13-28-51-43/h1-31H. The van der Waals surface area contributed by atoms with Crippen LogP contribution in [0.5, 0.6) is 0 Å². The maximum Gasteiger partial charge on any atom is 0.164 e. The molecule has 0 saturated heterocycles. The summed E-state index contributed by atoms with van der Waals surface area (Å²) in [6.45, 7) is 0. The molecule has 0 atom stereocenters. The average molecular weight is 702 g/mol. The van der Waals surface area contributed by atoms with Crippen molar-refractivity contribution >= 4 is 76.2 Å². The molecule has 12 rings (SSSR count). The molecule has 0 radical (unpaired) electrons. The smallest absolute Gasteiger partial charge is 0.164 e. The number of hydrogen-bond acceptors (Lipinski definition) is 2. The van der Waals surface area contributed by atoms with E-state index in [1.54, 1.807) is 0 Å². The highest BCUT2D eigenvalue weighted by atomic mass is 15.1. The van der Waals surface area contributed by atoms with Crippen LogP contribution in [-0.2, 0) is 0 Å². The Labute approximate surface area is 315 Å². The zero-order valence-electron chi connectivity index (χ0n) is 29.6. The third-order valence-electron chi connectivity index (χ3n) is 11.3. The SMILES string of the molecule is c1ccc(-n2c3ccccc3c3cc4c(cc32)c2ccccc2n4-c2cccc(-n3c(-c4ccccn4)nc4c5ccccc5c5ccccc5c43)c2)cc1. The minimum atomic E-state index is 0.812. The third-order valence-corrected chi connectivity index (χ3v) is 11.3. The van der Waals surface area contributed by atoms with E-state index in [1.165, 1.54) is 48.9 Å². The van der Waals surface area contributed by atoms with Gasteiger partial charge >= 0.3 is 0 Å². The lowest BCUT2D eigenvalue weighted by Crippen LogP contribution is -2.01. The summed E-state index contributed by atoms with van der Waals surface area (Å²) in [4.78, 5) is 10.2. The van der Waals surface area contributed by atoms with Crippen molar-refractivity contribution in [3.05, 3.63) is 188 Å². The topological polar surface area (TPSA) is 40.6 Å². The predicted molar refractivity (Wildman–Crippen MR) is 228 cm³/mol. The number of para-hydroxylation sites is 3. The Hall–Kier alpha value is -7.50. The van der Waals surface area contributed by atoms with Crippen LogP contribution in [-0.4, -0.2) is 23.7 Å². The first kappa shape index (κ1) is 30.0. The molecule has 4 aromatic heterocycles. The molecule has 5 nitrogen and oxygen atoms in total. The van der Waals surface area contributed by atoms with Gasteiger partial charge in [0.2, 0.25) is 0 Å². The van der Waals surface area contributed by atoms with Crippen LogP contribution in [0.4, 0.5) is 0 Å². The second-order valence-electron chi connectivity index (χ2n) is 14.2. The molecule has 0 bridgehead atoms. The molecule has 0 aliphatic heterocycles. The summed E-state index contributed by atoms with van der Waals surface area (Å²) in [6, 6.07) is 65.2. The molecule has 0 saturated carbocycles. The number of imidazole rings is 1. The fourth-order valence-corrected chi connectivity index (χ4v) is 8.96. The van der Waals surface area contributed by atoms with Crippen LogP contribution in [0, 0.1) is 0 Å². The summed E-state index contributed by atoms with van der Waals surface area (Å²) in [7, 11) is 0. The van der Waals surface area contributed by atoms with Crippen molar-refractivity contribution in [1.29, 1.82) is 0 Å². The van der Waals surface area contributed by atoms with Crippen molar-refractivity contribution in [3.8, 4) is 28.6 Å². The van der Waals surface area contributed by atoms with Gasteiger partial charge < -0.3 is 9.13 Å². The van der Waals surface area contributed by atoms with Crippen LogP contribution >= 0.6 is 0 Å². The molecule has 256 valence electrons. The van der Waals surface area contributed by atoms with Crippen molar-refractivity contribution in [2.75, 3.05) is 0 Å². The molecule has 0 aliphatic carbocycles. The third kappa shape index (κ3) is 4.29. The quantitative estimate of drug-likeness (QED) is 0.171. The van der Waals surface area contributed by atoms with Gasteiger partial charge in [-0.05, 0) is 77.5 Å². The number of nitrogens with zero attached hydrogens (tertiary/aromatic N) is 5. The lowest BCUT2D eigenvalue weighted by atomic mass is 10.00. The fraction of sp³-hybridized carbons (Fsp3) is 0. The first-order valence-corrected chi connectivity index (χ1v) is 18.7. The molecule has 12 aromatic rings. The second kappa shape index (κ2) is 11.5. The normalized spacial score (nSPS) is 12.0. The molecule has 5 heteroatoms. The van der Waals surface area contributed by atoms with Crippen molar-refractivity contribution in [2.45, 2.75) is 0 Å². The number of benzene rings is 8. The number of pyridine rings is 1. The van der Waals surface area contributed by atoms with Crippen LogP contribution in [0.25, 0.3) is 105 Å². The molecule has 55 heavy (non-hydrogen) atoms. The van der Waals surface area contributed by atoms with E-state index < -0.39 is 0 Å². The summed E-state index contributed by atoms with van der Waals surface area (Å²) in [5.74, 6) is 0.812.